The molecule has 0 spiro atoms. The van der Waals surface area contributed by atoms with E-state index < -0.39 is 0 Å². The minimum atomic E-state index is 0.425. The molecule has 2 heteroatoms. The number of likely N-dealkylation sites (N-methyl/N-ethyl adjacent to an activating group) is 1. The Morgan fingerprint density at radius 2 is 2.00 bits per heavy atom. The summed E-state index contributed by atoms with van der Waals surface area (Å²) >= 11 is 3.58. The molecule has 0 radical (unpaired) electrons. The molecule has 0 heterocycles. The Labute approximate surface area is 75.9 Å². The molecule has 0 fully saturated rings. The number of alkyl halides is 1. The van der Waals surface area contributed by atoms with Gasteiger partial charge in [-0.3, -0.25) is 0 Å². The number of rotatable bonds is 3. The van der Waals surface area contributed by atoms with Crippen LogP contribution in [-0.4, -0.2) is 13.6 Å². The molecule has 0 saturated carbocycles. The molecular weight excluding hydrogens is 202 g/mol. The van der Waals surface area contributed by atoms with Gasteiger partial charge in [0.1, 0.15) is 0 Å². The van der Waals surface area contributed by atoms with E-state index in [9.17, 15) is 0 Å². The van der Waals surface area contributed by atoms with E-state index >= 15 is 0 Å². The van der Waals surface area contributed by atoms with Crippen LogP contribution in [0.25, 0.3) is 0 Å². The minimum Gasteiger partial charge on any atom is -0.318 e. The van der Waals surface area contributed by atoms with Crippen molar-refractivity contribution in [3.8, 4) is 0 Å². The van der Waals surface area contributed by atoms with E-state index in [1.165, 1.54) is 5.56 Å². The van der Waals surface area contributed by atoms with E-state index in [1.807, 2.05) is 13.1 Å². The Hall–Kier alpha value is -0.340. The number of benzene rings is 1. The van der Waals surface area contributed by atoms with Gasteiger partial charge >= 0.3 is 0 Å². The molecule has 1 N–H and O–H groups in total. The third-order valence-corrected chi connectivity index (χ3v) is 2.40. The summed E-state index contributed by atoms with van der Waals surface area (Å²) in [4.78, 5) is 0.425. The summed E-state index contributed by atoms with van der Waals surface area (Å²) in [7, 11) is 1.96. The van der Waals surface area contributed by atoms with E-state index in [0.29, 0.717) is 4.83 Å². The Kier molecular flexibility index (Phi) is 3.60. The van der Waals surface area contributed by atoms with Crippen LogP contribution in [0.1, 0.15) is 10.4 Å². The van der Waals surface area contributed by atoms with E-state index in [4.69, 9.17) is 0 Å². The van der Waals surface area contributed by atoms with Crippen molar-refractivity contribution >= 4 is 15.9 Å². The fourth-order valence-electron chi connectivity index (χ4n) is 0.959. The molecule has 0 amide bonds. The number of nitrogens with one attached hydrogen (secondary N) is 1. The third kappa shape index (κ3) is 2.64. The van der Waals surface area contributed by atoms with Crippen molar-refractivity contribution in [2.24, 2.45) is 0 Å². The highest BCUT2D eigenvalue weighted by molar-refractivity contribution is 9.09. The van der Waals surface area contributed by atoms with E-state index in [2.05, 4.69) is 45.5 Å². The maximum atomic E-state index is 3.58. The fraction of sp³-hybridized carbons (Fsp3) is 0.333. The molecule has 0 aromatic heterocycles. The average molecular weight is 214 g/mol. The highest BCUT2D eigenvalue weighted by Crippen LogP contribution is 2.20. The van der Waals surface area contributed by atoms with Crippen molar-refractivity contribution in [3.05, 3.63) is 35.9 Å². The number of hydrogen-bond acceptors (Lipinski definition) is 1. The van der Waals surface area contributed by atoms with Gasteiger partial charge in [-0.2, -0.15) is 0 Å². The van der Waals surface area contributed by atoms with Gasteiger partial charge in [-0.05, 0) is 12.6 Å². The summed E-state index contributed by atoms with van der Waals surface area (Å²) in [6, 6.07) is 10.4. The monoisotopic (exact) mass is 213 g/mol. The smallest absolute Gasteiger partial charge is 0.0519 e. The van der Waals surface area contributed by atoms with Crippen LogP contribution in [0, 0.1) is 0 Å². The molecule has 0 bridgehead atoms. The van der Waals surface area contributed by atoms with Crippen LogP contribution in [0.2, 0.25) is 0 Å². The van der Waals surface area contributed by atoms with Gasteiger partial charge in [-0.1, -0.05) is 46.3 Å². The summed E-state index contributed by atoms with van der Waals surface area (Å²) < 4.78 is 0. The Balaban J connectivity index is 2.61. The molecule has 0 aliphatic carbocycles. The predicted octanol–water partition coefficient (Wildman–Crippen LogP) is 2.34. The first-order valence-electron chi connectivity index (χ1n) is 3.68. The van der Waals surface area contributed by atoms with Gasteiger partial charge in [-0.15, -0.1) is 0 Å². The average Bonchev–Trinajstić information content (AvgIpc) is 2.07. The largest absolute Gasteiger partial charge is 0.318 e. The number of halogens is 1. The van der Waals surface area contributed by atoms with E-state index in [1.54, 1.807) is 0 Å². The fourth-order valence-corrected chi connectivity index (χ4v) is 1.59. The van der Waals surface area contributed by atoms with Crippen molar-refractivity contribution in [2.45, 2.75) is 4.83 Å². The molecule has 1 atom stereocenters. The summed E-state index contributed by atoms with van der Waals surface area (Å²) in [5.41, 5.74) is 1.32. The van der Waals surface area contributed by atoms with Crippen molar-refractivity contribution in [3.63, 3.8) is 0 Å². The first-order chi connectivity index (χ1) is 5.34. The zero-order valence-electron chi connectivity index (χ0n) is 6.55. The second-order valence-corrected chi connectivity index (χ2v) is 3.54. The molecule has 1 aromatic carbocycles. The van der Waals surface area contributed by atoms with Gasteiger partial charge in [0.15, 0.2) is 0 Å². The molecule has 0 saturated heterocycles. The molecular formula is C9H12BrN. The molecule has 11 heavy (non-hydrogen) atoms. The molecule has 60 valence electrons. The van der Waals surface area contributed by atoms with Gasteiger partial charge in [0.25, 0.3) is 0 Å². The Morgan fingerprint density at radius 3 is 2.55 bits per heavy atom. The molecule has 1 aromatic rings. The molecule has 1 unspecified atom stereocenters. The van der Waals surface area contributed by atoms with Crippen molar-refractivity contribution < 1.29 is 0 Å². The molecule has 0 aliphatic rings. The SMILES string of the molecule is CNCC(Br)c1ccccc1. The third-order valence-electron chi connectivity index (χ3n) is 1.54. The van der Waals surface area contributed by atoms with Gasteiger partial charge in [0.2, 0.25) is 0 Å². The van der Waals surface area contributed by atoms with Gasteiger partial charge in [0.05, 0.1) is 4.83 Å². The molecule has 0 aliphatic heterocycles. The highest BCUT2D eigenvalue weighted by Gasteiger charge is 2.03. The lowest BCUT2D eigenvalue weighted by Crippen LogP contribution is -2.12. The Bertz CT molecular complexity index is 198. The van der Waals surface area contributed by atoms with Crippen LogP contribution < -0.4 is 5.32 Å². The maximum absolute atomic E-state index is 3.58. The van der Waals surface area contributed by atoms with Crippen LogP contribution in [0.4, 0.5) is 0 Å². The zero-order valence-corrected chi connectivity index (χ0v) is 8.14. The minimum absolute atomic E-state index is 0.425. The van der Waals surface area contributed by atoms with Gasteiger partial charge < -0.3 is 5.32 Å². The van der Waals surface area contributed by atoms with Crippen molar-refractivity contribution in [1.29, 1.82) is 0 Å². The lowest BCUT2D eigenvalue weighted by molar-refractivity contribution is 0.786. The quantitative estimate of drug-likeness (QED) is 0.761. The summed E-state index contributed by atoms with van der Waals surface area (Å²) in [6.07, 6.45) is 0. The maximum Gasteiger partial charge on any atom is 0.0519 e. The van der Waals surface area contributed by atoms with Crippen LogP contribution in [0.3, 0.4) is 0 Å². The standard InChI is InChI=1S/C9H12BrN/c1-11-7-9(10)8-5-3-2-4-6-8/h2-6,9,11H,7H2,1H3. The van der Waals surface area contributed by atoms with Gasteiger partial charge in [0, 0.05) is 6.54 Å². The molecule has 1 nitrogen and oxygen atoms in total. The van der Waals surface area contributed by atoms with Crippen LogP contribution in [0.5, 0.6) is 0 Å². The topological polar surface area (TPSA) is 12.0 Å². The zero-order chi connectivity index (χ0) is 8.10. The van der Waals surface area contributed by atoms with Gasteiger partial charge in [-0.25, -0.2) is 0 Å². The first kappa shape index (κ1) is 8.75. The van der Waals surface area contributed by atoms with Crippen LogP contribution in [0.15, 0.2) is 30.3 Å². The Morgan fingerprint density at radius 1 is 1.36 bits per heavy atom. The summed E-state index contributed by atoms with van der Waals surface area (Å²) in [6.45, 7) is 0.962. The summed E-state index contributed by atoms with van der Waals surface area (Å²) in [5, 5.41) is 3.12. The number of hydrogen-bond donors (Lipinski definition) is 1. The van der Waals surface area contributed by atoms with Crippen molar-refractivity contribution in [1.82, 2.24) is 5.32 Å². The van der Waals surface area contributed by atoms with Crippen molar-refractivity contribution in [2.75, 3.05) is 13.6 Å². The van der Waals surface area contributed by atoms with Crippen LogP contribution in [-0.2, 0) is 0 Å². The van der Waals surface area contributed by atoms with E-state index in [-0.39, 0.29) is 0 Å². The predicted molar refractivity (Wildman–Crippen MR) is 52.0 cm³/mol. The highest BCUT2D eigenvalue weighted by atomic mass is 79.9. The first-order valence-corrected chi connectivity index (χ1v) is 4.60. The van der Waals surface area contributed by atoms with E-state index in [0.717, 1.165) is 6.54 Å². The lowest BCUT2D eigenvalue weighted by Gasteiger charge is -2.07. The van der Waals surface area contributed by atoms with Crippen LogP contribution >= 0.6 is 15.9 Å². The second-order valence-electron chi connectivity index (χ2n) is 2.44. The second kappa shape index (κ2) is 4.52. The lowest BCUT2D eigenvalue weighted by atomic mass is 10.1. The summed E-state index contributed by atoms with van der Waals surface area (Å²) in [5.74, 6) is 0. The normalized spacial score (nSPS) is 12.9. The molecule has 1 rings (SSSR count).